The van der Waals surface area contributed by atoms with Crippen LogP contribution in [0.15, 0.2) is 35.4 Å². The second kappa shape index (κ2) is 9.30. The number of benzene rings is 2. The molecule has 0 saturated carbocycles. The van der Waals surface area contributed by atoms with E-state index in [0.29, 0.717) is 0 Å². The number of amides is 1. The molecule has 0 aliphatic rings. The summed E-state index contributed by atoms with van der Waals surface area (Å²) in [5.41, 5.74) is 2.46. The molecule has 2 aromatic carbocycles. The van der Waals surface area contributed by atoms with Crippen LogP contribution in [0.4, 0.5) is 5.69 Å². The average molecular weight is 595 g/mol. The first kappa shape index (κ1) is 21.3. The van der Waals surface area contributed by atoms with Crippen molar-refractivity contribution in [2.45, 2.75) is 20.0 Å². The van der Waals surface area contributed by atoms with Gasteiger partial charge in [-0.25, -0.2) is 5.43 Å². The minimum absolute atomic E-state index is 0.0495. The first-order chi connectivity index (χ1) is 12.7. The van der Waals surface area contributed by atoms with Crippen LogP contribution in [0.2, 0.25) is 0 Å². The Kier molecular flexibility index (Phi) is 7.35. The second-order valence-corrected chi connectivity index (χ2v) is 7.96. The lowest BCUT2D eigenvalue weighted by atomic mass is 10.1. The van der Waals surface area contributed by atoms with Crippen LogP contribution in [0.3, 0.4) is 0 Å². The van der Waals surface area contributed by atoms with Crippen LogP contribution in [-0.4, -0.2) is 28.3 Å². The molecular formula is C17H15I2N3O5. The molecule has 0 radical (unpaired) electrons. The fourth-order valence-corrected chi connectivity index (χ4v) is 4.12. The van der Waals surface area contributed by atoms with Crippen LogP contribution in [0.25, 0.3) is 0 Å². The maximum Gasteiger partial charge on any atom is 0.275 e. The Bertz CT molecular complexity index is 892. The number of halogens is 2. The number of carbonyl (C=O) groups is 1. The number of hydrogen-bond donors (Lipinski definition) is 2. The number of nitrogens with zero attached hydrogens (tertiary/aromatic N) is 2. The molecule has 0 atom stereocenters. The number of aromatic hydroxyl groups is 1. The number of phenolic OH excluding ortho intramolecular Hbond substituents is 1. The number of phenols is 1. The molecule has 0 aromatic heterocycles. The van der Waals surface area contributed by atoms with Gasteiger partial charge in [0.25, 0.3) is 11.6 Å². The van der Waals surface area contributed by atoms with Gasteiger partial charge in [0.2, 0.25) is 0 Å². The summed E-state index contributed by atoms with van der Waals surface area (Å²) in [4.78, 5) is 22.3. The quantitative estimate of drug-likeness (QED) is 0.227. The molecule has 0 fully saturated rings. The van der Waals surface area contributed by atoms with Crippen molar-refractivity contribution in [1.29, 1.82) is 0 Å². The Balaban J connectivity index is 2.15. The van der Waals surface area contributed by atoms with Crippen molar-refractivity contribution < 1.29 is 19.6 Å². The summed E-state index contributed by atoms with van der Waals surface area (Å²) in [5.74, 6) is -0.335. The van der Waals surface area contributed by atoms with E-state index < -0.39 is 10.8 Å². The lowest BCUT2D eigenvalue weighted by Gasteiger charge is -2.14. The molecule has 0 spiro atoms. The van der Waals surface area contributed by atoms with E-state index >= 15 is 0 Å². The van der Waals surface area contributed by atoms with Crippen LogP contribution in [-0.2, 0) is 0 Å². The Labute approximate surface area is 182 Å². The first-order valence-corrected chi connectivity index (χ1v) is 9.81. The predicted molar refractivity (Wildman–Crippen MR) is 117 cm³/mol. The van der Waals surface area contributed by atoms with Gasteiger partial charge in [0.15, 0.2) is 0 Å². The summed E-state index contributed by atoms with van der Waals surface area (Å²) in [6.07, 6.45) is 1.49. The summed E-state index contributed by atoms with van der Waals surface area (Å²) in [5, 5.41) is 24.4. The van der Waals surface area contributed by atoms with Gasteiger partial charge in [-0.1, -0.05) is 0 Å². The number of nitrogens with one attached hydrogen (secondary N) is 1. The van der Waals surface area contributed by atoms with Gasteiger partial charge >= 0.3 is 0 Å². The topological polar surface area (TPSA) is 114 Å². The molecule has 2 aromatic rings. The molecule has 0 saturated heterocycles. The van der Waals surface area contributed by atoms with Gasteiger partial charge in [0, 0.05) is 12.1 Å². The SMILES string of the molecule is CC(C)Oc1c(I)cc(/C=N\NC(=O)c2cc([N+](=O)[O-])ccc2O)cc1I. The molecule has 27 heavy (non-hydrogen) atoms. The maximum absolute atomic E-state index is 12.1. The van der Waals surface area contributed by atoms with E-state index in [-0.39, 0.29) is 23.1 Å². The highest BCUT2D eigenvalue weighted by molar-refractivity contribution is 14.1. The number of nitro groups is 1. The molecule has 2 rings (SSSR count). The van der Waals surface area contributed by atoms with Crippen LogP contribution in [0, 0.1) is 17.3 Å². The first-order valence-electron chi connectivity index (χ1n) is 7.65. The highest BCUT2D eigenvalue weighted by Gasteiger charge is 2.16. The zero-order valence-corrected chi connectivity index (χ0v) is 18.6. The molecule has 142 valence electrons. The fraction of sp³-hybridized carbons (Fsp3) is 0.176. The van der Waals surface area contributed by atoms with Crippen molar-refractivity contribution >= 4 is 63.0 Å². The predicted octanol–water partition coefficient (Wildman–Crippen LogP) is 4.06. The van der Waals surface area contributed by atoms with Gasteiger partial charge in [-0.3, -0.25) is 14.9 Å². The van der Waals surface area contributed by atoms with Crippen LogP contribution < -0.4 is 10.2 Å². The monoisotopic (exact) mass is 595 g/mol. The number of nitro benzene ring substituents is 1. The zero-order chi connectivity index (χ0) is 20.1. The van der Waals surface area contributed by atoms with Crippen LogP contribution >= 0.6 is 45.2 Å². The van der Waals surface area contributed by atoms with Crippen LogP contribution in [0.5, 0.6) is 11.5 Å². The maximum atomic E-state index is 12.1. The number of carbonyl (C=O) groups excluding carboxylic acids is 1. The highest BCUT2D eigenvalue weighted by Crippen LogP contribution is 2.29. The third-order valence-electron chi connectivity index (χ3n) is 3.19. The average Bonchev–Trinajstić information content (AvgIpc) is 2.58. The number of non-ortho nitro benzene ring substituents is 1. The van der Waals surface area contributed by atoms with Crippen molar-refractivity contribution in [3.63, 3.8) is 0 Å². The number of rotatable bonds is 6. The molecule has 0 bridgehead atoms. The number of hydrazone groups is 1. The van der Waals surface area contributed by atoms with E-state index in [2.05, 4.69) is 55.7 Å². The summed E-state index contributed by atoms with van der Waals surface area (Å²) in [6, 6.07) is 6.89. The Hall–Kier alpha value is -1.96. The summed E-state index contributed by atoms with van der Waals surface area (Å²) in [7, 11) is 0. The lowest BCUT2D eigenvalue weighted by Crippen LogP contribution is -2.18. The van der Waals surface area contributed by atoms with Gasteiger partial charge in [0.05, 0.1) is 29.9 Å². The molecule has 0 aliphatic heterocycles. The summed E-state index contributed by atoms with van der Waals surface area (Å²) >= 11 is 4.32. The Morgan fingerprint density at radius 1 is 1.30 bits per heavy atom. The van der Waals surface area contributed by atoms with Crippen molar-refractivity contribution in [2.75, 3.05) is 0 Å². The van der Waals surface area contributed by atoms with Crippen molar-refractivity contribution in [3.05, 3.63) is 58.7 Å². The van der Waals surface area contributed by atoms with Gasteiger partial charge in [-0.15, -0.1) is 0 Å². The normalized spacial score (nSPS) is 11.0. The van der Waals surface area contributed by atoms with Crippen molar-refractivity contribution in [3.8, 4) is 11.5 Å². The number of hydrogen-bond acceptors (Lipinski definition) is 6. The number of ether oxygens (including phenoxy) is 1. The van der Waals surface area contributed by atoms with Crippen molar-refractivity contribution in [1.82, 2.24) is 5.43 Å². The van der Waals surface area contributed by atoms with E-state index in [4.69, 9.17) is 4.74 Å². The second-order valence-electron chi connectivity index (χ2n) is 5.64. The molecule has 0 unspecified atom stereocenters. The van der Waals surface area contributed by atoms with Gasteiger partial charge in [-0.05, 0) is 82.8 Å². The molecule has 1 amide bonds. The third kappa shape index (κ3) is 5.76. The summed E-state index contributed by atoms with van der Waals surface area (Å²) < 4.78 is 7.56. The van der Waals surface area contributed by atoms with E-state index in [1.54, 1.807) is 0 Å². The molecule has 8 nitrogen and oxygen atoms in total. The lowest BCUT2D eigenvalue weighted by molar-refractivity contribution is -0.384. The standard InChI is InChI=1S/C17H15I2N3O5/c1-9(2)27-16-13(18)5-10(6-14(16)19)8-20-21-17(24)12-7-11(22(25)26)3-4-15(12)23/h3-9,23H,1-2H3,(H,21,24)/b20-8-. The molecule has 10 heteroatoms. The molecule has 0 aliphatic carbocycles. The van der Waals surface area contributed by atoms with E-state index in [9.17, 15) is 20.0 Å². The van der Waals surface area contributed by atoms with E-state index in [1.807, 2.05) is 26.0 Å². The minimum Gasteiger partial charge on any atom is -0.507 e. The Morgan fingerprint density at radius 2 is 1.93 bits per heavy atom. The Morgan fingerprint density at radius 3 is 2.48 bits per heavy atom. The fourth-order valence-electron chi connectivity index (χ4n) is 2.05. The largest absolute Gasteiger partial charge is 0.507 e. The van der Waals surface area contributed by atoms with Crippen molar-refractivity contribution in [2.24, 2.45) is 5.10 Å². The van der Waals surface area contributed by atoms with Gasteiger partial charge in [0.1, 0.15) is 11.5 Å². The molecule has 2 N–H and O–H groups in total. The van der Waals surface area contributed by atoms with Gasteiger partial charge < -0.3 is 9.84 Å². The third-order valence-corrected chi connectivity index (χ3v) is 4.79. The summed E-state index contributed by atoms with van der Waals surface area (Å²) in [6.45, 7) is 3.89. The van der Waals surface area contributed by atoms with Crippen LogP contribution in [0.1, 0.15) is 29.8 Å². The highest BCUT2D eigenvalue weighted by atomic mass is 127. The van der Waals surface area contributed by atoms with E-state index in [1.165, 1.54) is 6.21 Å². The molecule has 0 heterocycles. The van der Waals surface area contributed by atoms with Gasteiger partial charge in [-0.2, -0.15) is 5.10 Å². The zero-order valence-electron chi connectivity index (χ0n) is 14.3. The van der Waals surface area contributed by atoms with E-state index in [0.717, 1.165) is 36.7 Å². The molecular weight excluding hydrogens is 580 g/mol. The smallest absolute Gasteiger partial charge is 0.275 e. The minimum atomic E-state index is -0.753.